The molecule has 6 nitrogen and oxygen atoms in total. The number of ether oxygens (including phenoxy) is 2. The van der Waals surface area contributed by atoms with Crippen LogP contribution in [-0.4, -0.2) is 30.7 Å². The lowest BCUT2D eigenvalue weighted by atomic mass is 10.1. The Balaban J connectivity index is 2.21. The highest BCUT2D eigenvalue weighted by Crippen LogP contribution is 2.27. The van der Waals surface area contributed by atoms with Gasteiger partial charge in [-0.05, 0) is 12.1 Å². The minimum absolute atomic E-state index is 0.176. The summed E-state index contributed by atoms with van der Waals surface area (Å²) in [5.41, 5.74) is 1.11. The van der Waals surface area contributed by atoms with Crippen LogP contribution in [0.3, 0.4) is 0 Å². The molecule has 1 unspecified atom stereocenters. The van der Waals surface area contributed by atoms with Gasteiger partial charge in [0.05, 0.1) is 0 Å². The third-order valence-corrected chi connectivity index (χ3v) is 3.77. The number of carbonyl (C=O) groups is 2. The summed E-state index contributed by atoms with van der Waals surface area (Å²) in [6, 6.07) is 12.6. The number of carbonyl (C=O) groups excluding carboxylic acids is 1. The molecule has 1 atom stereocenters. The summed E-state index contributed by atoms with van der Waals surface area (Å²) >= 11 is 6.10. The Hall–Kier alpha value is -2.57. The molecule has 132 valence electrons. The molecule has 0 aliphatic rings. The Morgan fingerprint density at radius 3 is 2.52 bits per heavy atom. The third kappa shape index (κ3) is 5.20. The van der Waals surface area contributed by atoms with Crippen molar-refractivity contribution < 1.29 is 24.2 Å². The van der Waals surface area contributed by atoms with Gasteiger partial charge in [0, 0.05) is 23.3 Å². The van der Waals surface area contributed by atoms with Crippen molar-refractivity contribution in [2.75, 3.05) is 13.7 Å². The van der Waals surface area contributed by atoms with E-state index in [0.29, 0.717) is 16.3 Å². The van der Waals surface area contributed by atoms with E-state index in [4.69, 9.17) is 21.1 Å². The Bertz CT molecular complexity index is 750. The summed E-state index contributed by atoms with van der Waals surface area (Å²) in [7, 11) is 1.36. The van der Waals surface area contributed by atoms with E-state index in [1.807, 2.05) is 18.2 Å². The topological polar surface area (TPSA) is 84.9 Å². The number of nitrogens with one attached hydrogen (secondary N) is 1. The van der Waals surface area contributed by atoms with Crippen LogP contribution in [0.5, 0.6) is 5.75 Å². The fraction of sp³-hybridized carbons (Fsp3) is 0.222. The zero-order valence-electron chi connectivity index (χ0n) is 13.6. The second-order valence-electron chi connectivity index (χ2n) is 5.19. The van der Waals surface area contributed by atoms with Crippen LogP contribution >= 0.6 is 11.6 Å². The van der Waals surface area contributed by atoms with Crippen LogP contribution in [0.15, 0.2) is 48.5 Å². The van der Waals surface area contributed by atoms with E-state index in [1.165, 1.54) is 7.11 Å². The van der Waals surface area contributed by atoms with E-state index < -0.39 is 17.9 Å². The van der Waals surface area contributed by atoms with Crippen LogP contribution in [0.1, 0.15) is 17.2 Å². The Morgan fingerprint density at radius 2 is 1.84 bits per heavy atom. The number of amides is 1. The lowest BCUT2D eigenvalue weighted by Gasteiger charge is -2.18. The molecule has 2 N–H and O–H groups in total. The monoisotopic (exact) mass is 363 g/mol. The Morgan fingerprint density at radius 1 is 1.16 bits per heavy atom. The molecule has 7 heteroatoms. The first-order valence-corrected chi connectivity index (χ1v) is 7.87. The summed E-state index contributed by atoms with van der Waals surface area (Å²) in [6.07, 6.45) is 0. The van der Waals surface area contributed by atoms with E-state index >= 15 is 0 Å². The van der Waals surface area contributed by atoms with Crippen LogP contribution < -0.4 is 10.1 Å². The third-order valence-electron chi connectivity index (χ3n) is 3.40. The molecule has 0 radical (unpaired) electrons. The van der Waals surface area contributed by atoms with Crippen molar-refractivity contribution >= 4 is 23.5 Å². The molecule has 2 aromatic carbocycles. The fourth-order valence-corrected chi connectivity index (χ4v) is 2.42. The lowest BCUT2D eigenvalue weighted by molar-refractivity contribution is -0.142. The maximum atomic E-state index is 11.7. The molecule has 1 amide bonds. The van der Waals surface area contributed by atoms with Gasteiger partial charge in [0.2, 0.25) is 5.91 Å². The highest BCUT2D eigenvalue weighted by Gasteiger charge is 2.25. The normalized spacial score (nSPS) is 11.6. The Labute approximate surface area is 150 Å². The zero-order chi connectivity index (χ0) is 18.2. The number of aliphatic carboxylic acids is 1. The molecule has 0 aliphatic heterocycles. The van der Waals surface area contributed by atoms with Gasteiger partial charge in [-0.3, -0.25) is 4.79 Å². The molecular formula is C18H18ClNO5. The second-order valence-corrected chi connectivity index (χ2v) is 5.60. The quantitative estimate of drug-likeness (QED) is 0.753. The van der Waals surface area contributed by atoms with Crippen molar-refractivity contribution in [3.63, 3.8) is 0 Å². The van der Waals surface area contributed by atoms with Gasteiger partial charge in [-0.2, -0.15) is 0 Å². The average molecular weight is 364 g/mol. The second kappa shape index (κ2) is 9.05. The number of methoxy groups -OCH3 is 1. The lowest BCUT2D eigenvalue weighted by Crippen LogP contribution is -2.36. The van der Waals surface area contributed by atoms with E-state index in [2.05, 4.69) is 5.32 Å². The number of benzene rings is 2. The van der Waals surface area contributed by atoms with E-state index in [1.54, 1.807) is 30.3 Å². The molecule has 0 saturated carbocycles. The number of para-hydroxylation sites is 1. The number of hydrogen-bond acceptors (Lipinski definition) is 4. The van der Waals surface area contributed by atoms with Crippen LogP contribution in [0, 0.1) is 0 Å². The number of carboxylic acid groups (broad SMARTS) is 1. The molecule has 0 aliphatic carbocycles. The van der Waals surface area contributed by atoms with Crippen LogP contribution in [0.2, 0.25) is 5.02 Å². The van der Waals surface area contributed by atoms with Crippen molar-refractivity contribution in [1.82, 2.24) is 5.32 Å². The van der Waals surface area contributed by atoms with E-state index in [0.717, 1.165) is 5.56 Å². The van der Waals surface area contributed by atoms with E-state index in [9.17, 15) is 14.7 Å². The minimum Gasteiger partial charge on any atom is -0.488 e. The molecule has 25 heavy (non-hydrogen) atoms. The smallest absolute Gasteiger partial charge is 0.331 e. The van der Waals surface area contributed by atoms with Crippen molar-refractivity contribution in [3.8, 4) is 5.75 Å². The number of rotatable bonds is 8. The van der Waals surface area contributed by atoms with Gasteiger partial charge in [-0.15, -0.1) is 0 Å². The number of carboxylic acids is 1. The highest BCUT2D eigenvalue weighted by atomic mass is 35.5. The van der Waals surface area contributed by atoms with Crippen molar-refractivity contribution in [2.45, 2.75) is 12.6 Å². The van der Waals surface area contributed by atoms with Gasteiger partial charge < -0.3 is 19.9 Å². The van der Waals surface area contributed by atoms with Crippen LogP contribution in [0.4, 0.5) is 0 Å². The van der Waals surface area contributed by atoms with Gasteiger partial charge in [0.1, 0.15) is 19.0 Å². The number of halogens is 1. The molecule has 0 saturated heterocycles. The molecule has 0 fully saturated rings. The van der Waals surface area contributed by atoms with E-state index in [-0.39, 0.29) is 13.2 Å². The molecule has 2 rings (SSSR count). The number of hydrogen-bond donors (Lipinski definition) is 2. The standard InChI is InChI=1S/C18H18ClNO5/c1-24-11-16(21)20-17(18(22)23)13-7-3-5-9-15(13)25-10-12-6-2-4-8-14(12)19/h2-9,17H,10-11H2,1H3,(H,20,21)(H,22,23). The summed E-state index contributed by atoms with van der Waals surface area (Å²) in [6.45, 7) is -0.0541. The highest BCUT2D eigenvalue weighted by molar-refractivity contribution is 6.31. The zero-order valence-corrected chi connectivity index (χ0v) is 14.3. The minimum atomic E-state index is -1.25. The summed E-state index contributed by atoms with van der Waals surface area (Å²) in [5, 5.41) is 12.4. The average Bonchev–Trinajstić information content (AvgIpc) is 2.59. The summed E-state index contributed by atoms with van der Waals surface area (Å²) in [4.78, 5) is 23.3. The Kier molecular flexibility index (Phi) is 6.80. The maximum absolute atomic E-state index is 11.7. The predicted molar refractivity (Wildman–Crippen MR) is 92.6 cm³/mol. The van der Waals surface area contributed by atoms with Crippen molar-refractivity contribution in [2.24, 2.45) is 0 Å². The SMILES string of the molecule is COCC(=O)NC(C(=O)O)c1ccccc1OCc1ccccc1Cl. The molecule has 0 bridgehead atoms. The fourth-order valence-electron chi connectivity index (χ4n) is 2.23. The van der Waals surface area contributed by atoms with Gasteiger partial charge in [-0.25, -0.2) is 4.79 Å². The van der Waals surface area contributed by atoms with Gasteiger partial charge >= 0.3 is 5.97 Å². The molecule has 2 aromatic rings. The van der Waals surface area contributed by atoms with Gasteiger partial charge in [-0.1, -0.05) is 48.0 Å². The summed E-state index contributed by atoms with van der Waals surface area (Å²) in [5.74, 6) is -1.37. The summed E-state index contributed by atoms with van der Waals surface area (Å²) < 4.78 is 10.5. The maximum Gasteiger partial charge on any atom is 0.331 e. The molecule has 0 aromatic heterocycles. The van der Waals surface area contributed by atoms with Crippen LogP contribution in [0.25, 0.3) is 0 Å². The first kappa shape index (κ1) is 18.8. The molecule has 0 spiro atoms. The first-order chi connectivity index (χ1) is 12.0. The first-order valence-electron chi connectivity index (χ1n) is 7.49. The van der Waals surface area contributed by atoms with Gasteiger partial charge in [0.25, 0.3) is 0 Å². The van der Waals surface area contributed by atoms with Crippen LogP contribution in [-0.2, 0) is 20.9 Å². The van der Waals surface area contributed by atoms with Crippen molar-refractivity contribution in [3.05, 3.63) is 64.7 Å². The molecule has 0 heterocycles. The molecular weight excluding hydrogens is 346 g/mol. The van der Waals surface area contributed by atoms with Crippen molar-refractivity contribution in [1.29, 1.82) is 0 Å². The van der Waals surface area contributed by atoms with Gasteiger partial charge in [0.15, 0.2) is 6.04 Å². The largest absolute Gasteiger partial charge is 0.488 e. The predicted octanol–water partition coefficient (Wildman–Crippen LogP) is 2.81.